The van der Waals surface area contributed by atoms with E-state index < -0.39 is 0 Å². The first-order valence-corrected chi connectivity index (χ1v) is 7.95. The molecule has 0 saturated carbocycles. The maximum Gasteiger partial charge on any atom is 0.221 e. The van der Waals surface area contributed by atoms with Crippen LogP contribution in [0, 0.1) is 0 Å². The van der Waals surface area contributed by atoms with Gasteiger partial charge in [0, 0.05) is 50.4 Å². The molecule has 2 heterocycles. The van der Waals surface area contributed by atoms with E-state index in [2.05, 4.69) is 28.4 Å². The monoisotopic (exact) mass is 329 g/mol. The third-order valence-corrected chi connectivity index (χ3v) is 4.05. The van der Waals surface area contributed by atoms with Crippen LogP contribution in [0.25, 0.3) is 0 Å². The summed E-state index contributed by atoms with van der Waals surface area (Å²) in [7, 11) is 0. The Kier molecular flexibility index (Phi) is 8.45. The van der Waals surface area contributed by atoms with E-state index in [4.69, 9.17) is 5.73 Å². The summed E-state index contributed by atoms with van der Waals surface area (Å²) in [6, 6.07) is 0.422. The van der Waals surface area contributed by atoms with E-state index in [1.165, 1.54) is 18.4 Å². The molecule has 3 N–H and O–H groups in total. The second kappa shape index (κ2) is 9.82. The molecule has 1 atom stereocenters. The number of carbonyl (C=O) groups excluding carboxylic acids is 1. The van der Waals surface area contributed by atoms with Gasteiger partial charge in [0.2, 0.25) is 5.91 Å². The van der Waals surface area contributed by atoms with E-state index >= 15 is 0 Å². The van der Waals surface area contributed by atoms with Crippen LogP contribution in [0.3, 0.4) is 0 Å². The maximum atomic E-state index is 11.6. The van der Waals surface area contributed by atoms with E-state index in [9.17, 15) is 4.79 Å². The number of hydrogen-bond acceptors (Lipinski definition) is 4. The summed E-state index contributed by atoms with van der Waals surface area (Å²) >= 11 is 0. The van der Waals surface area contributed by atoms with Crippen LogP contribution in [-0.2, 0) is 17.9 Å². The zero-order valence-electron chi connectivity index (χ0n) is 13.3. The van der Waals surface area contributed by atoms with Gasteiger partial charge in [-0.25, -0.2) is 0 Å². The molecule has 6 nitrogen and oxygen atoms in total. The highest BCUT2D eigenvalue weighted by molar-refractivity contribution is 5.85. The highest BCUT2D eigenvalue weighted by Crippen LogP contribution is 2.19. The molecule has 0 aromatic carbocycles. The van der Waals surface area contributed by atoms with Crippen molar-refractivity contribution in [2.45, 2.75) is 51.7 Å². The van der Waals surface area contributed by atoms with Crippen LogP contribution < -0.4 is 11.1 Å². The number of piperidine rings is 1. The van der Waals surface area contributed by atoms with Crippen molar-refractivity contribution < 1.29 is 4.79 Å². The molecule has 1 fully saturated rings. The number of aryl methyl sites for hydroxylation is 1. The summed E-state index contributed by atoms with van der Waals surface area (Å²) in [6.07, 6.45) is 8.08. The zero-order valence-corrected chi connectivity index (χ0v) is 14.1. The number of amides is 1. The average molecular weight is 330 g/mol. The highest BCUT2D eigenvalue weighted by Gasteiger charge is 2.23. The lowest BCUT2D eigenvalue weighted by atomic mass is 10.0. The summed E-state index contributed by atoms with van der Waals surface area (Å²) in [6.45, 7) is 6.13. The first kappa shape index (κ1) is 18.9. The number of rotatable bonds is 7. The lowest BCUT2D eigenvalue weighted by Crippen LogP contribution is -2.46. The summed E-state index contributed by atoms with van der Waals surface area (Å²) in [5.41, 5.74) is 6.65. The van der Waals surface area contributed by atoms with Gasteiger partial charge in [0.1, 0.15) is 0 Å². The molecule has 0 radical (unpaired) electrons. The Labute approximate surface area is 138 Å². The van der Waals surface area contributed by atoms with Crippen molar-refractivity contribution in [1.82, 2.24) is 20.0 Å². The van der Waals surface area contributed by atoms with Gasteiger partial charge in [-0.3, -0.25) is 14.4 Å². The van der Waals surface area contributed by atoms with Crippen molar-refractivity contribution >= 4 is 18.3 Å². The average Bonchev–Trinajstić information content (AvgIpc) is 2.94. The van der Waals surface area contributed by atoms with Crippen LogP contribution in [0.4, 0.5) is 0 Å². The van der Waals surface area contributed by atoms with Crippen LogP contribution in [-0.4, -0.2) is 46.3 Å². The highest BCUT2D eigenvalue weighted by atomic mass is 35.5. The van der Waals surface area contributed by atoms with Gasteiger partial charge in [-0.15, -0.1) is 12.4 Å². The fraction of sp³-hybridized carbons (Fsp3) is 0.733. The standard InChI is InChI=1S/C15H27N5O.ClH/c1-2-20-12-13(9-18-20)11-19-8-4-3-5-14(19)10-17-15(21)6-7-16;/h9,12,14H,2-8,10-11,16H2,1H3,(H,17,21);1H. The molecule has 1 unspecified atom stereocenters. The zero-order chi connectivity index (χ0) is 15.1. The Balaban J connectivity index is 0.00000242. The van der Waals surface area contributed by atoms with Gasteiger partial charge < -0.3 is 11.1 Å². The number of nitrogens with zero attached hydrogens (tertiary/aromatic N) is 3. The van der Waals surface area contributed by atoms with Crippen LogP contribution in [0.15, 0.2) is 12.4 Å². The molecule has 22 heavy (non-hydrogen) atoms. The largest absolute Gasteiger partial charge is 0.354 e. The first-order chi connectivity index (χ1) is 10.2. The predicted octanol–water partition coefficient (Wildman–Crippen LogP) is 1.14. The number of likely N-dealkylation sites (tertiary alicyclic amines) is 1. The first-order valence-electron chi connectivity index (χ1n) is 7.95. The Morgan fingerprint density at radius 3 is 3.00 bits per heavy atom. The Bertz CT molecular complexity index is 451. The Morgan fingerprint density at radius 2 is 2.32 bits per heavy atom. The summed E-state index contributed by atoms with van der Waals surface area (Å²) < 4.78 is 1.96. The summed E-state index contributed by atoms with van der Waals surface area (Å²) in [5.74, 6) is 0.0572. The number of nitrogens with two attached hydrogens (primary N) is 1. The van der Waals surface area contributed by atoms with E-state index in [0.29, 0.717) is 19.0 Å². The number of aromatic nitrogens is 2. The predicted molar refractivity (Wildman–Crippen MR) is 89.9 cm³/mol. The van der Waals surface area contributed by atoms with E-state index in [-0.39, 0.29) is 18.3 Å². The van der Waals surface area contributed by atoms with E-state index in [1.54, 1.807) is 0 Å². The van der Waals surface area contributed by atoms with Gasteiger partial charge >= 0.3 is 0 Å². The lowest BCUT2D eigenvalue weighted by molar-refractivity contribution is -0.121. The molecule has 0 bridgehead atoms. The molecular weight excluding hydrogens is 302 g/mol. The second-order valence-electron chi connectivity index (χ2n) is 5.67. The van der Waals surface area contributed by atoms with Gasteiger partial charge in [-0.05, 0) is 26.3 Å². The topological polar surface area (TPSA) is 76.2 Å². The molecule has 0 aliphatic carbocycles. The van der Waals surface area contributed by atoms with Crippen molar-refractivity contribution in [3.8, 4) is 0 Å². The smallest absolute Gasteiger partial charge is 0.221 e. The van der Waals surface area contributed by atoms with Crippen molar-refractivity contribution in [3.05, 3.63) is 18.0 Å². The van der Waals surface area contributed by atoms with Crippen LogP contribution >= 0.6 is 12.4 Å². The van der Waals surface area contributed by atoms with Crippen molar-refractivity contribution in [2.24, 2.45) is 5.73 Å². The molecule has 1 saturated heterocycles. The molecular formula is C15H28ClN5O. The fourth-order valence-corrected chi connectivity index (χ4v) is 2.85. The number of carbonyl (C=O) groups is 1. The quantitative estimate of drug-likeness (QED) is 0.786. The molecule has 0 spiro atoms. The Hall–Kier alpha value is -1.11. The van der Waals surface area contributed by atoms with Gasteiger partial charge in [-0.1, -0.05) is 6.42 Å². The lowest BCUT2D eigenvalue weighted by Gasteiger charge is -2.35. The maximum absolute atomic E-state index is 11.6. The normalized spacial score (nSPS) is 18.7. The number of halogens is 1. The van der Waals surface area contributed by atoms with E-state index in [1.807, 2.05) is 10.9 Å². The van der Waals surface area contributed by atoms with Crippen molar-refractivity contribution in [1.29, 1.82) is 0 Å². The number of nitrogens with one attached hydrogen (secondary N) is 1. The molecule has 1 amide bonds. The van der Waals surface area contributed by atoms with Crippen molar-refractivity contribution in [3.63, 3.8) is 0 Å². The number of hydrogen-bond donors (Lipinski definition) is 2. The van der Waals surface area contributed by atoms with Crippen LogP contribution in [0.2, 0.25) is 0 Å². The third-order valence-electron chi connectivity index (χ3n) is 4.05. The fourth-order valence-electron chi connectivity index (χ4n) is 2.85. The molecule has 1 aromatic heterocycles. The summed E-state index contributed by atoms with van der Waals surface area (Å²) in [4.78, 5) is 14.0. The molecule has 1 aromatic rings. The SMILES string of the molecule is CCn1cc(CN2CCCCC2CNC(=O)CCN)cn1.Cl. The Morgan fingerprint density at radius 1 is 1.50 bits per heavy atom. The molecule has 2 rings (SSSR count). The van der Waals surface area contributed by atoms with Crippen molar-refractivity contribution in [2.75, 3.05) is 19.6 Å². The molecule has 1 aliphatic heterocycles. The third kappa shape index (κ3) is 5.59. The van der Waals surface area contributed by atoms with E-state index in [0.717, 1.165) is 32.6 Å². The van der Waals surface area contributed by atoms with Crippen LogP contribution in [0.5, 0.6) is 0 Å². The van der Waals surface area contributed by atoms with Gasteiger partial charge in [0.05, 0.1) is 6.20 Å². The molecule has 1 aliphatic rings. The minimum Gasteiger partial charge on any atom is -0.354 e. The minimum atomic E-state index is 0. The molecule has 126 valence electrons. The van der Waals surface area contributed by atoms with Gasteiger partial charge in [0.15, 0.2) is 0 Å². The second-order valence-corrected chi connectivity index (χ2v) is 5.67. The van der Waals surface area contributed by atoms with Gasteiger partial charge in [0.25, 0.3) is 0 Å². The van der Waals surface area contributed by atoms with Crippen LogP contribution in [0.1, 0.15) is 38.2 Å². The summed E-state index contributed by atoms with van der Waals surface area (Å²) in [5, 5.41) is 7.33. The van der Waals surface area contributed by atoms with Gasteiger partial charge in [-0.2, -0.15) is 5.10 Å². The molecule has 7 heteroatoms. The minimum absolute atomic E-state index is 0.